The number of halogens is 1. The fourth-order valence-corrected chi connectivity index (χ4v) is 6.09. The fourth-order valence-electron chi connectivity index (χ4n) is 4.74. The Morgan fingerprint density at radius 2 is 1.54 bits per heavy atom. The molecule has 1 heterocycles. The first-order valence-electron chi connectivity index (χ1n) is 15.0. The van der Waals surface area contributed by atoms with Crippen LogP contribution in [0.2, 0.25) is 0 Å². The fraction of sp³-hybridized carbons (Fsp3) is 0.0526. The molecule has 238 valence electrons. The minimum Gasteiger partial charge on any atom is -0.436 e. The molecule has 0 radical (unpaired) electrons. The number of para-hydroxylation sites is 2. The lowest BCUT2D eigenvalue weighted by Crippen LogP contribution is -2.30. The molecule has 5 aromatic carbocycles. The van der Waals surface area contributed by atoms with E-state index in [4.69, 9.17) is 4.42 Å². The summed E-state index contributed by atoms with van der Waals surface area (Å²) in [5, 5.41) is 8.15. The van der Waals surface area contributed by atoms with Crippen LogP contribution in [0.15, 0.2) is 147 Å². The lowest BCUT2D eigenvalue weighted by molar-refractivity contribution is -0.115. The summed E-state index contributed by atoms with van der Waals surface area (Å²) in [6.07, 6.45) is 1.62. The summed E-state index contributed by atoms with van der Waals surface area (Å²) in [6.45, 7) is 1.82. The van der Waals surface area contributed by atoms with Gasteiger partial charge in [-0.1, -0.05) is 64.5 Å². The van der Waals surface area contributed by atoms with E-state index < -0.39 is 17.1 Å². The van der Waals surface area contributed by atoms with Gasteiger partial charge in [0.1, 0.15) is 11.2 Å². The topological polar surface area (TPSA) is 113 Å². The SMILES string of the molecule is CC(Sc1cccc(NC(=O)/C(=C\c2cccc(Br)c2)NC(=O)c2ccccc2)c1)C(=O)Nc1ccc(-c2nc3ccccc3o2)cc1. The molecule has 0 fully saturated rings. The summed E-state index contributed by atoms with van der Waals surface area (Å²) in [6, 6.07) is 38.2. The number of amides is 3. The first-order valence-corrected chi connectivity index (χ1v) is 16.7. The smallest absolute Gasteiger partial charge is 0.272 e. The van der Waals surface area contributed by atoms with Gasteiger partial charge in [-0.2, -0.15) is 0 Å². The minimum atomic E-state index is -0.492. The maximum Gasteiger partial charge on any atom is 0.272 e. The zero-order valence-corrected chi connectivity index (χ0v) is 28.0. The molecule has 3 amide bonds. The number of nitrogens with zero attached hydrogens (tertiary/aromatic N) is 1. The molecule has 1 aromatic heterocycles. The highest BCUT2D eigenvalue weighted by Crippen LogP contribution is 2.28. The predicted molar refractivity (Wildman–Crippen MR) is 194 cm³/mol. The standard InChI is InChI=1S/C38H29BrN4O4S/c1-24(35(44)40-29-19-17-27(18-20-29)38-43-32-15-5-6-16-34(32)47-38)48-31-14-8-13-30(23-31)41-37(46)33(22-25-9-7-12-28(39)21-25)42-36(45)26-10-3-2-4-11-26/h2-24H,1H3,(H,40,44)(H,41,46)(H,42,45)/b33-22+. The Morgan fingerprint density at radius 1 is 0.792 bits per heavy atom. The van der Waals surface area contributed by atoms with E-state index >= 15 is 0 Å². The molecule has 48 heavy (non-hydrogen) atoms. The summed E-state index contributed by atoms with van der Waals surface area (Å²) in [5.74, 6) is -0.559. The van der Waals surface area contributed by atoms with E-state index in [1.54, 1.807) is 48.5 Å². The first-order chi connectivity index (χ1) is 23.3. The van der Waals surface area contributed by atoms with E-state index in [1.807, 2.05) is 91.9 Å². The van der Waals surface area contributed by atoms with E-state index in [0.717, 1.165) is 26.0 Å². The van der Waals surface area contributed by atoms with Gasteiger partial charge in [0.2, 0.25) is 11.8 Å². The number of thioether (sulfide) groups is 1. The molecule has 3 N–H and O–H groups in total. The molecule has 0 saturated carbocycles. The second-order valence-electron chi connectivity index (χ2n) is 10.7. The lowest BCUT2D eigenvalue weighted by Gasteiger charge is -2.14. The van der Waals surface area contributed by atoms with Gasteiger partial charge >= 0.3 is 0 Å². The maximum absolute atomic E-state index is 13.5. The highest BCUT2D eigenvalue weighted by molar-refractivity contribution is 9.10. The second kappa shape index (κ2) is 15.0. The Bertz CT molecular complexity index is 2100. The van der Waals surface area contributed by atoms with Gasteiger partial charge in [-0.05, 0) is 97.4 Å². The Morgan fingerprint density at radius 3 is 2.31 bits per heavy atom. The third-order valence-electron chi connectivity index (χ3n) is 7.16. The number of nitrogens with one attached hydrogen (secondary N) is 3. The van der Waals surface area contributed by atoms with Crippen molar-refractivity contribution in [1.29, 1.82) is 0 Å². The van der Waals surface area contributed by atoms with E-state index in [-0.39, 0.29) is 11.6 Å². The Kier molecular flexibility index (Phi) is 10.1. The molecular formula is C38H29BrN4O4S. The number of oxazole rings is 1. The van der Waals surface area contributed by atoms with Gasteiger partial charge in [0.05, 0.1) is 5.25 Å². The van der Waals surface area contributed by atoms with Crippen LogP contribution in [0.5, 0.6) is 0 Å². The number of fused-ring (bicyclic) bond motifs is 1. The van der Waals surface area contributed by atoms with Crippen LogP contribution in [0, 0.1) is 0 Å². The van der Waals surface area contributed by atoms with Crippen LogP contribution in [0.4, 0.5) is 11.4 Å². The molecule has 0 spiro atoms. The van der Waals surface area contributed by atoms with Crippen molar-refractivity contribution in [2.75, 3.05) is 10.6 Å². The molecule has 0 saturated heterocycles. The Balaban J connectivity index is 1.10. The summed E-state index contributed by atoms with van der Waals surface area (Å²) in [4.78, 5) is 44.8. The zero-order chi connectivity index (χ0) is 33.5. The van der Waals surface area contributed by atoms with Crippen molar-refractivity contribution in [1.82, 2.24) is 10.3 Å². The van der Waals surface area contributed by atoms with Crippen LogP contribution in [-0.4, -0.2) is 28.0 Å². The molecule has 0 aliphatic heterocycles. The van der Waals surface area contributed by atoms with Gasteiger partial charge in [0.25, 0.3) is 11.8 Å². The summed E-state index contributed by atoms with van der Waals surface area (Å²) < 4.78 is 6.68. The van der Waals surface area contributed by atoms with Crippen LogP contribution in [0.3, 0.4) is 0 Å². The van der Waals surface area contributed by atoms with E-state index in [9.17, 15) is 14.4 Å². The van der Waals surface area contributed by atoms with Crippen LogP contribution in [0.1, 0.15) is 22.8 Å². The van der Waals surface area contributed by atoms with Gasteiger partial charge in [-0.15, -0.1) is 11.8 Å². The highest BCUT2D eigenvalue weighted by Gasteiger charge is 2.18. The molecule has 8 nitrogen and oxygen atoms in total. The van der Waals surface area contributed by atoms with Crippen molar-refractivity contribution in [2.45, 2.75) is 17.1 Å². The third-order valence-corrected chi connectivity index (χ3v) is 8.74. The molecule has 6 rings (SSSR count). The van der Waals surface area contributed by atoms with E-state index in [0.29, 0.717) is 28.4 Å². The molecule has 0 bridgehead atoms. The van der Waals surface area contributed by atoms with Crippen LogP contribution >= 0.6 is 27.7 Å². The van der Waals surface area contributed by atoms with Gasteiger partial charge < -0.3 is 20.4 Å². The maximum atomic E-state index is 13.5. The summed E-state index contributed by atoms with van der Waals surface area (Å²) in [5.41, 5.74) is 4.70. The van der Waals surface area contributed by atoms with Crippen LogP contribution in [-0.2, 0) is 9.59 Å². The van der Waals surface area contributed by atoms with Crippen molar-refractivity contribution >= 4 is 74.0 Å². The number of carbonyl (C=O) groups is 3. The molecule has 6 aromatic rings. The number of hydrogen-bond acceptors (Lipinski definition) is 6. The van der Waals surface area contributed by atoms with Crippen molar-refractivity contribution in [3.8, 4) is 11.5 Å². The van der Waals surface area contributed by atoms with Gasteiger partial charge in [-0.3, -0.25) is 14.4 Å². The van der Waals surface area contributed by atoms with Crippen molar-refractivity contribution in [3.63, 3.8) is 0 Å². The molecular weight excluding hydrogens is 688 g/mol. The monoisotopic (exact) mass is 716 g/mol. The van der Waals surface area contributed by atoms with Crippen LogP contribution < -0.4 is 16.0 Å². The molecule has 1 unspecified atom stereocenters. The van der Waals surface area contributed by atoms with Gasteiger partial charge in [0, 0.05) is 31.9 Å². The van der Waals surface area contributed by atoms with Gasteiger partial charge in [-0.25, -0.2) is 4.98 Å². The normalized spacial score (nSPS) is 11.9. The largest absolute Gasteiger partial charge is 0.436 e. The number of anilines is 2. The van der Waals surface area contributed by atoms with E-state index in [1.165, 1.54) is 11.8 Å². The summed E-state index contributed by atoms with van der Waals surface area (Å²) >= 11 is 4.81. The van der Waals surface area contributed by atoms with Crippen LogP contribution in [0.25, 0.3) is 28.6 Å². The molecule has 1 atom stereocenters. The van der Waals surface area contributed by atoms with Crippen molar-refractivity contribution in [3.05, 3.63) is 149 Å². The van der Waals surface area contributed by atoms with E-state index in [2.05, 4.69) is 36.9 Å². The highest BCUT2D eigenvalue weighted by atomic mass is 79.9. The zero-order valence-electron chi connectivity index (χ0n) is 25.6. The van der Waals surface area contributed by atoms with Crippen molar-refractivity contribution < 1.29 is 18.8 Å². The predicted octanol–water partition coefficient (Wildman–Crippen LogP) is 8.79. The number of carbonyl (C=O) groups excluding carboxylic acids is 3. The quantitative estimate of drug-likeness (QED) is 0.0965. The average molecular weight is 718 g/mol. The molecule has 10 heteroatoms. The Labute approximate surface area is 289 Å². The van der Waals surface area contributed by atoms with Gasteiger partial charge in [0.15, 0.2) is 5.58 Å². The minimum absolute atomic E-state index is 0.0786. The first kappa shape index (κ1) is 32.5. The average Bonchev–Trinajstić information content (AvgIpc) is 3.53. The number of benzene rings is 5. The summed E-state index contributed by atoms with van der Waals surface area (Å²) in [7, 11) is 0. The molecule has 0 aliphatic carbocycles. The number of rotatable bonds is 10. The molecule has 0 aliphatic rings. The van der Waals surface area contributed by atoms with Crippen molar-refractivity contribution in [2.24, 2.45) is 0 Å². The third kappa shape index (κ3) is 8.28. The number of aromatic nitrogens is 1. The lowest BCUT2D eigenvalue weighted by atomic mass is 10.1. The second-order valence-corrected chi connectivity index (χ2v) is 13.1. The number of hydrogen-bond donors (Lipinski definition) is 3. The Hall–Kier alpha value is -5.45.